The molecule has 0 aliphatic carbocycles. The lowest BCUT2D eigenvalue weighted by Crippen LogP contribution is -1.98. The summed E-state index contributed by atoms with van der Waals surface area (Å²) in [6.45, 7) is 0. The van der Waals surface area contributed by atoms with Crippen LogP contribution in [0.1, 0.15) is 0 Å². The minimum atomic E-state index is -0.402. The van der Waals surface area contributed by atoms with Crippen molar-refractivity contribution in [3.8, 4) is 11.1 Å². The Labute approximate surface area is 138 Å². The molecule has 0 bridgehead atoms. The third kappa shape index (κ3) is 2.57. The first-order chi connectivity index (χ1) is 9.54. The van der Waals surface area contributed by atoms with Crippen LogP contribution in [0, 0.1) is 3.57 Å². The summed E-state index contributed by atoms with van der Waals surface area (Å²) in [6, 6.07) is 12.4. The van der Waals surface area contributed by atoms with Crippen molar-refractivity contribution in [2.45, 2.75) is 0 Å². The minimum absolute atomic E-state index is 0.402. The highest BCUT2D eigenvalue weighted by molar-refractivity contribution is 14.1. The van der Waals surface area contributed by atoms with Crippen molar-refractivity contribution in [1.82, 2.24) is 0 Å². The van der Waals surface area contributed by atoms with Crippen LogP contribution in [0.15, 0.2) is 51.7 Å². The molecule has 0 spiro atoms. The van der Waals surface area contributed by atoms with E-state index in [-0.39, 0.29) is 0 Å². The highest BCUT2D eigenvalue weighted by Crippen LogP contribution is 2.34. The Bertz CT molecular complexity index is 871. The van der Waals surface area contributed by atoms with Gasteiger partial charge in [0.1, 0.15) is 5.58 Å². The van der Waals surface area contributed by atoms with Gasteiger partial charge in [-0.25, -0.2) is 4.79 Å². The van der Waals surface area contributed by atoms with Crippen molar-refractivity contribution >= 4 is 56.8 Å². The van der Waals surface area contributed by atoms with Gasteiger partial charge in [-0.15, -0.1) is 0 Å². The van der Waals surface area contributed by atoms with Gasteiger partial charge in [0.25, 0.3) is 0 Å². The average Bonchev–Trinajstić information content (AvgIpc) is 2.37. The van der Waals surface area contributed by atoms with Crippen LogP contribution in [-0.4, -0.2) is 0 Å². The first-order valence-electron chi connectivity index (χ1n) is 5.73. The van der Waals surface area contributed by atoms with Crippen LogP contribution in [0.3, 0.4) is 0 Å². The predicted octanol–water partition coefficient (Wildman–Crippen LogP) is 5.37. The van der Waals surface area contributed by atoms with Crippen LogP contribution >= 0.6 is 45.8 Å². The van der Waals surface area contributed by atoms with Crippen molar-refractivity contribution in [2.24, 2.45) is 0 Å². The van der Waals surface area contributed by atoms with Gasteiger partial charge in [-0.2, -0.15) is 0 Å². The zero-order valence-corrected chi connectivity index (χ0v) is 13.7. The largest absolute Gasteiger partial charge is 0.423 e. The molecule has 20 heavy (non-hydrogen) atoms. The molecular weight excluding hydrogens is 410 g/mol. The van der Waals surface area contributed by atoms with Crippen LogP contribution in [0.4, 0.5) is 0 Å². The summed E-state index contributed by atoms with van der Waals surface area (Å²) in [6.07, 6.45) is 0. The van der Waals surface area contributed by atoms with Crippen molar-refractivity contribution < 1.29 is 4.42 Å². The van der Waals surface area contributed by atoms with Crippen LogP contribution in [0.2, 0.25) is 10.0 Å². The molecule has 0 unspecified atom stereocenters. The van der Waals surface area contributed by atoms with Crippen molar-refractivity contribution in [3.63, 3.8) is 0 Å². The maximum absolute atomic E-state index is 11.7. The number of fused-ring (bicyclic) bond motifs is 1. The molecule has 0 aliphatic rings. The predicted molar refractivity (Wildman–Crippen MR) is 90.7 cm³/mol. The Morgan fingerprint density at radius 3 is 2.50 bits per heavy atom. The maximum atomic E-state index is 11.7. The first-order valence-corrected chi connectivity index (χ1v) is 7.57. The van der Waals surface area contributed by atoms with Crippen LogP contribution in [-0.2, 0) is 0 Å². The van der Waals surface area contributed by atoms with E-state index in [1.807, 2.05) is 18.2 Å². The number of hydrogen-bond donors (Lipinski definition) is 0. The molecule has 3 aromatic rings. The second kappa shape index (κ2) is 5.39. The van der Waals surface area contributed by atoms with E-state index in [1.54, 1.807) is 18.2 Å². The van der Waals surface area contributed by atoms with Crippen LogP contribution in [0.5, 0.6) is 0 Å². The normalized spacial score (nSPS) is 10.9. The molecule has 0 fully saturated rings. The van der Waals surface area contributed by atoms with Crippen LogP contribution < -0.4 is 5.63 Å². The molecule has 0 atom stereocenters. The fourth-order valence-corrected chi connectivity index (χ4v) is 3.04. The Morgan fingerprint density at radius 2 is 1.75 bits per heavy atom. The molecule has 3 rings (SSSR count). The molecule has 2 nitrogen and oxygen atoms in total. The van der Waals surface area contributed by atoms with Gasteiger partial charge < -0.3 is 4.42 Å². The second-order valence-electron chi connectivity index (χ2n) is 4.24. The van der Waals surface area contributed by atoms with Crippen LogP contribution in [0.25, 0.3) is 22.1 Å². The van der Waals surface area contributed by atoms with E-state index in [4.69, 9.17) is 27.6 Å². The van der Waals surface area contributed by atoms with Crippen molar-refractivity contribution in [2.75, 3.05) is 0 Å². The van der Waals surface area contributed by atoms with Gasteiger partial charge in [-0.05, 0) is 52.9 Å². The lowest BCUT2D eigenvalue weighted by molar-refractivity contribution is 0.561. The zero-order valence-electron chi connectivity index (χ0n) is 9.99. The molecule has 0 amide bonds. The molecule has 2 aromatic carbocycles. The highest BCUT2D eigenvalue weighted by Gasteiger charge is 2.11. The fourth-order valence-electron chi connectivity index (χ4n) is 2.07. The van der Waals surface area contributed by atoms with Gasteiger partial charge in [-0.1, -0.05) is 29.3 Å². The van der Waals surface area contributed by atoms with Gasteiger partial charge in [0.15, 0.2) is 0 Å². The second-order valence-corrected chi connectivity index (χ2v) is 6.33. The maximum Gasteiger partial charge on any atom is 0.336 e. The average molecular weight is 417 g/mol. The van der Waals surface area contributed by atoms with E-state index in [1.165, 1.54) is 6.07 Å². The SMILES string of the molecule is O=c1cc(-c2ccc(Cl)cc2Cl)c2ccc(I)cc2o1. The summed E-state index contributed by atoms with van der Waals surface area (Å²) in [4.78, 5) is 11.7. The van der Waals surface area contributed by atoms with Crippen molar-refractivity contribution in [1.29, 1.82) is 0 Å². The lowest BCUT2D eigenvalue weighted by atomic mass is 10.0. The summed E-state index contributed by atoms with van der Waals surface area (Å²) in [5.41, 5.74) is 1.65. The van der Waals surface area contributed by atoms with E-state index >= 15 is 0 Å². The number of rotatable bonds is 1. The Hall–Kier alpha value is -1.04. The third-order valence-corrected chi connectivity index (χ3v) is 4.15. The molecule has 0 saturated carbocycles. The van der Waals surface area contributed by atoms with Gasteiger partial charge >= 0.3 is 5.63 Å². The molecule has 0 aliphatic heterocycles. The summed E-state index contributed by atoms with van der Waals surface area (Å²) >= 11 is 14.3. The van der Waals surface area contributed by atoms with E-state index in [0.717, 1.165) is 20.1 Å². The molecule has 1 aromatic heterocycles. The topological polar surface area (TPSA) is 30.2 Å². The number of hydrogen-bond acceptors (Lipinski definition) is 2. The molecule has 0 N–H and O–H groups in total. The molecular formula is C15H7Cl2IO2. The van der Waals surface area contributed by atoms with E-state index in [9.17, 15) is 4.79 Å². The quantitative estimate of drug-likeness (QED) is 0.394. The Balaban J connectivity index is 2.38. The standard InChI is InChI=1S/C15H7Cl2IO2/c16-8-1-3-10(13(17)5-8)12-7-15(19)20-14-6-9(18)2-4-11(12)14/h1-7H. The molecule has 0 saturated heterocycles. The van der Waals surface area contributed by atoms with E-state index < -0.39 is 5.63 Å². The zero-order chi connectivity index (χ0) is 14.3. The monoisotopic (exact) mass is 416 g/mol. The molecule has 0 radical (unpaired) electrons. The lowest BCUT2D eigenvalue weighted by Gasteiger charge is -2.08. The van der Waals surface area contributed by atoms with Gasteiger partial charge in [0.05, 0.1) is 0 Å². The summed E-state index contributed by atoms with van der Waals surface area (Å²) in [5, 5.41) is 1.90. The summed E-state index contributed by atoms with van der Waals surface area (Å²) < 4.78 is 6.24. The van der Waals surface area contributed by atoms with E-state index in [0.29, 0.717) is 15.6 Å². The molecule has 5 heteroatoms. The van der Waals surface area contributed by atoms with Gasteiger partial charge in [0, 0.05) is 36.2 Å². The number of halogens is 3. The van der Waals surface area contributed by atoms with Gasteiger partial charge in [0.2, 0.25) is 0 Å². The summed E-state index contributed by atoms with van der Waals surface area (Å²) in [5.74, 6) is 0. The summed E-state index contributed by atoms with van der Waals surface area (Å²) in [7, 11) is 0. The highest BCUT2D eigenvalue weighted by atomic mass is 127. The van der Waals surface area contributed by atoms with Crippen molar-refractivity contribution in [3.05, 3.63) is 66.5 Å². The molecule has 100 valence electrons. The molecule has 1 heterocycles. The smallest absolute Gasteiger partial charge is 0.336 e. The van der Waals surface area contributed by atoms with E-state index in [2.05, 4.69) is 22.6 Å². The Kier molecular flexibility index (Phi) is 3.75. The first kappa shape index (κ1) is 13.9. The Morgan fingerprint density at radius 1 is 0.950 bits per heavy atom. The number of benzene rings is 2. The van der Waals surface area contributed by atoms with Gasteiger partial charge in [-0.3, -0.25) is 0 Å². The minimum Gasteiger partial charge on any atom is -0.423 e. The third-order valence-electron chi connectivity index (χ3n) is 2.93. The fraction of sp³-hybridized carbons (Fsp3) is 0.